The third kappa shape index (κ3) is 4.30. The number of carbonyl (C=O) groups is 1. The molecule has 0 fully saturated rings. The Labute approximate surface area is 63.1 Å². The van der Waals surface area contributed by atoms with Crippen molar-refractivity contribution in [3.05, 3.63) is 11.6 Å². The van der Waals surface area contributed by atoms with Crippen LogP contribution in [0.15, 0.2) is 11.6 Å². The molecule has 0 aromatic rings. The average Bonchev–Trinajstić information content (AvgIpc) is 1.99. The summed E-state index contributed by atoms with van der Waals surface area (Å²) in [5, 5.41) is 0. The lowest BCUT2D eigenvalue weighted by Crippen LogP contribution is -1.91. The van der Waals surface area contributed by atoms with Crippen molar-refractivity contribution in [1.82, 2.24) is 0 Å². The van der Waals surface area contributed by atoms with Crippen LogP contribution in [0, 0.1) is 0 Å². The van der Waals surface area contributed by atoms with Gasteiger partial charge in [0.2, 0.25) is 0 Å². The fraction of sp³-hybridized carbons (Fsp3) is 0.667. The van der Waals surface area contributed by atoms with Crippen molar-refractivity contribution in [2.24, 2.45) is 0 Å². The van der Waals surface area contributed by atoms with Crippen molar-refractivity contribution in [2.45, 2.75) is 40.0 Å². The van der Waals surface area contributed by atoms with Gasteiger partial charge in [0.15, 0.2) is 0 Å². The van der Waals surface area contributed by atoms with Crippen LogP contribution in [0.5, 0.6) is 0 Å². The third-order valence-electron chi connectivity index (χ3n) is 1.63. The molecule has 0 aromatic heterocycles. The van der Waals surface area contributed by atoms with E-state index in [4.69, 9.17) is 0 Å². The number of hydrogen-bond donors (Lipinski definition) is 0. The van der Waals surface area contributed by atoms with Crippen LogP contribution in [0.1, 0.15) is 40.0 Å². The molecule has 58 valence electrons. The van der Waals surface area contributed by atoms with Gasteiger partial charge in [-0.05, 0) is 13.3 Å². The molecule has 0 saturated carbocycles. The molecule has 0 bridgehead atoms. The van der Waals surface area contributed by atoms with Crippen molar-refractivity contribution in [3.8, 4) is 0 Å². The number of Topliss-reactive ketones (excluding diaryl/α,β-unsaturated/α-hetero) is 1. The maximum atomic E-state index is 10.8. The van der Waals surface area contributed by atoms with Crippen LogP contribution in [0.3, 0.4) is 0 Å². The van der Waals surface area contributed by atoms with Gasteiger partial charge in [-0.3, -0.25) is 4.79 Å². The second kappa shape index (κ2) is 5.21. The van der Waals surface area contributed by atoms with Crippen LogP contribution in [0.25, 0.3) is 0 Å². The third-order valence-corrected chi connectivity index (χ3v) is 1.63. The minimum atomic E-state index is 0.327. The summed E-state index contributed by atoms with van der Waals surface area (Å²) in [7, 11) is 0. The first kappa shape index (κ1) is 9.41. The molecule has 0 atom stereocenters. The number of carbonyl (C=O) groups excluding carboxylic acids is 1. The topological polar surface area (TPSA) is 17.1 Å². The largest absolute Gasteiger partial charge is 0.299 e. The van der Waals surface area contributed by atoms with E-state index in [0.29, 0.717) is 18.6 Å². The van der Waals surface area contributed by atoms with Gasteiger partial charge in [0, 0.05) is 12.8 Å². The standard InChI is InChI=1S/C9H16O/c1-4-8(3)6-7-9(10)5-2/h6H,4-5,7H2,1-3H3. The molecule has 0 radical (unpaired) electrons. The van der Waals surface area contributed by atoms with Crippen LogP contribution in [0.4, 0.5) is 0 Å². The van der Waals surface area contributed by atoms with Crippen molar-refractivity contribution in [1.29, 1.82) is 0 Å². The van der Waals surface area contributed by atoms with Gasteiger partial charge < -0.3 is 0 Å². The first-order valence-corrected chi connectivity index (χ1v) is 3.88. The Kier molecular flexibility index (Phi) is 4.91. The Balaban J connectivity index is 3.61. The Morgan fingerprint density at radius 2 is 1.90 bits per heavy atom. The zero-order valence-electron chi connectivity index (χ0n) is 7.11. The van der Waals surface area contributed by atoms with Gasteiger partial charge in [-0.25, -0.2) is 0 Å². The molecule has 0 N–H and O–H groups in total. The van der Waals surface area contributed by atoms with E-state index in [-0.39, 0.29) is 0 Å². The van der Waals surface area contributed by atoms with Crippen molar-refractivity contribution >= 4 is 5.78 Å². The molecule has 0 unspecified atom stereocenters. The summed E-state index contributed by atoms with van der Waals surface area (Å²) in [5.74, 6) is 0.327. The summed E-state index contributed by atoms with van der Waals surface area (Å²) >= 11 is 0. The number of ketones is 1. The number of rotatable bonds is 4. The number of allylic oxidation sites excluding steroid dienone is 2. The Morgan fingerprint density at radius 1 is 1.30 bits per heavy atom. The highest BCUT2D eigenvalue weighted by molar-refractivity contribution is 5.79. The average molecular weight is 140 g/mol. The summed E-state index contributed by atoms with van der Waals surface area (Å²) in [6, 6.07) is 0. The van der Waals surface area contributed by atoms with Crippen LogP contribution in [-0.4, -0.2) is 5.78 Å². The molecule has 0 amide bonds. The van der Waals surface area contributed by atoms with Gasteiger partial charge in [-0.2, -0.15) is 0 Å². The maximum Gasteiger partial charge on any atom is 0.136 e. The zero-order chi connectivity index (χ0) is 7.98. The highest BCUT2D eigenvalue weighted by Gasteiger charge is 1.93. The highest BCUT2D eigenvalue weighted by Crippen LogP contribution is 2.00. The molecule has 1 heteroatoms. The van der Waals surface area contributed by atoms with Gasteiger partial charge in [-0.1, -0.05) is 25.5 Å². The summed E-state index contributed by atoms with van der Waals surface area (Å²) in [6.45, 7) is 6.06. The molecule has 0 rings (SSSR count). The van der Waals surface area contributed by atoms with E-state index in [1.54, 1.807) is 0 Å². The molecule has 0 aliphatic carbocycles. The summed E-state index contributed by atoms with van der Waals surface area (Å²) in [6.07, 6.45) is 4.35. The van der Waals surface area contributed by atoms with Gasteiger partial charge in [-0.15, -0.1) is 0 Å². The molecule has 10 heavy (non-hydrogen) atoms. The minimum Gasteiger partial charge on any atom is -0.299 e. The zero-order valence-corrected chi connectivity index (χ0v) is 7.11. The van der Waals surface area contributed by atoms with Crippen LogP contribution < -0.4 is 0 Å². The van der Waals surface area contributed by atoms with E-state index in [9.17, 15) is 4.79 Å². The lowest BCUT2D eigenvalue weighted by molar-refractivity contribution is -0.117. The summed E-state index contributed by atoms with van der Waals surface area (Å²) in [5.41, 5.74) is 1.31. The van der Waals surface area contributed by atoms with Gasteiger partial charge in [0.25, 0.3) is 0 Å². The SMILES string of the molecule is CCC(=O)CC=C(C)CC. The van der Waals surface area contributed by atoms with E-state index < -0.39 is 0 Å². The van der Waals surface area contributed by atoms with Gasteiger partial charge >= 0.3 is 0 Å². The minimum absolute atomic E-state index is 0.327. The second-order valence-electron chi connectivity index (χ2n) is 2.50. The van der Waals surface area contributed by atoms with Crippen molar-refractivity contribution in [2.75, 3.05) is 0 Å². The predicted octanol–water partition coefficient (Wildman–Crippen LogP) is 2.71. The smallest absolute Gasteiger partial charge is 0.136 e. The maximum absolute atomic E-state index is 10.8. The summed E-state index contributed by atoms with van der Waals surface area (Å²) < 4.78 is 0. The molecule has 0 aromatic carbocycles. The number of hydrogen-bond acceptors (Lipinski definition) is 1. The van der Waals surface area contributed by atoms with Crippen LogP contribution in [0.2, 0.25) is 0 Å². The van der Waals surface area contributed by atoms with E-state index in [1.807, 2.05) is 13.0 Å². The molecule has 0 aliphatic rings. The second-order valence-corrected chi connectivity index (χ2v) is 2.50. The fourth-order valence-electron chi connectivity index (χ4n) is 0.577. The van der Waals surface area contributed by atoms with Gasteiger partial charge in [0.1, 0.15) is 5.78 Å². The lowest BCUT2D eigenvalue weighted by atomic mass is 10.1. The molecule has 0 spiro atoms. The quantitative estimate of drug-likeness (QED) is 0.549. The molecular formula is C9H16O. The van der Waals surface area contributed by atoms with Crippen LogP contribution >= 0.6 is 0 Å². The van der Waals surface area contributed by atoms with Crippen molar-refractivity contribution in [3.63, 3.8) is 0 Å². The van der Waals surface area contributed by atoms with Crippen molar-refractivity contribution < 1.29 is 4.79 Å². The lowest BCUT2D eigenvalue weighted by Gasteiger charge is -1.93. The Bertz CT molecular complexity index is 134. The van der Waals surface area contributed by atoms with Crippen LogP contribution in [-0.2, 0) is 4.79 Å². The molecular weight excluding hydrogens is 124 g/mol. The van der Waals surface area contributed by atoms with E-state index in [2.05, 4.69) is 13.8 Å². The normalized spacial score (nSPS) is 11.7. The predicted molar refractivity (Wildman–Crippen MR) is 44.0 cm³/mol. The molecule has 0 heterocycles. The van der Waals surface area contributed by atoms with Gasteiger partial charge in [0.05, 0.1) is 0 Å². The Hall–Kier alpha value is -0.590. The monoisotopic (exact) mass is 140 g/mol. The first-order valence-electron chi connectivity index (χ1n) is 3.88. The Morgan fingerprint density at radius 3 is 2.30 bits per heavy atom. The van der Waals surface area contributed by atoms with E-state index >= 15 is 0 Å². The summed E-state index contributed by atoms with van der Waals surface area (Å²) in [4.78, 5) is 10.8. The van der Waals surface area contributed by atoms with E-state index in [1.165, 1.54) is 5.57 Å². The highest BCUT2D eigenvalue weighted by atomic mass is 16.1. The fourth-order valence-corrected chi connectivity index (χ4v) is 0.577. The van der Waals surface area contributed by atoms with E-state index in [0.717, 1.165) is 6.42 Å². The molecule has 1 nitrogen and oxygen atoms in total. The molecule has 0 saturated heterocycles. The molecule has 0 aliphatic heterocycles. The first-order chi connectivity index (χ1) is 4.70.